The molecule has 6 nitrogen and oxygen atoms in total. The monoisotopic (exact) mass is 309 g/mol. The third kappa shape index (κ3) is 3.74. The van der Waals surface area contributed by atoms with Gasteiger partial charge < -0.3 is 9.47 Å². The highest BCUT2D eigenvalue weighted by Gasteiger charge is 2.12. The van der Waals surface area contributed by atoms with Gasteiger partial charge in [0, 0.05) is 12.4 Å². The lowest BCUT2D eigenvalue weighted by atomic mass is 10.2. The number of nitrogens with one attached hydrogen (secondary N) is 1. The largest absolute Gasteiger partial charge is 0.454 e. The zero-order valence-electron chi connectivity index (χ0n) is 12.5. The van der Waals surface area contributed by atoms with Gasteiger partial charge in [0.05, 0.1) is 11.3 Å². The Bertz CT molecular complexity index is 770. The predicted molar refractivity (Wildman–Crippen MR) is 86.4 cm³/mol. The first-order chi connectivity index (χ1) is 11.2. The second-order valence-corrected chi connectivity index (χ2v) is 4.88. The number of ether oxygens (including phenoxy) is 2. The van der Waals surface area contributed by atoms with Crippen LogP contribution in [0.15, 0.2) is 53.9 Å². The molecule has 0 fully saturated rings. The van der Waals surface area contributed by atoms with Crippen molar-refractivity contribution in [3.8, 4) is 11.5 Å². The van der Waals surface area contributed by atoms with Crippen LogP contribution in [-0.2, 0) is 0 Å². The molecule has 0 saturated heterocycles. The quantitative estimate of drug-likeness (QED) is 0.696. The summed E-state index contributed by atoms with van der Waals surface area (Å²) in [6.07, 6.45) is 6.79. The standard InChI is InChI=1S/C17H15N3O3/c1-12(19-20-17(21)14-3-2-8-18-10-14)4-5-13-6-7-15-16(9-13)23-11-22-15/h2-10H,11H2,1H3,(H,20,21)/b5-4+,19-12+. The minimum Gasteiger partial charge on any atom is -0.454 e. The van der Waals surface area contributed by atoms with Gasteiger partial charge in [-0.2, -0.15) is 5.10 Å². The molecule has 0 atom stereocenters. The van der Waals surface area contributed by atoms with Crippen molar-refractivity contribution in [2.75, 3.05) is 6.79 Å². The number of aromatic nitrogens is 1. The number of benzene rings is 1. The number of carbonyl (C=O) groups excluding carboxylic acids is 1. The van der Waals surface area contributed by atoms with E-state index >= 15 is 0 Å². The van der Waals surface area contributed by atoms with Crippen molar-refractivity contribution < 1.29 is 14.3 Å². The van der Waals surface area contributed by atoms with Crippen LogP contribution in [0.25, 0.3) is 6.08 Å². The van der Waals surface area contributed by atoms with E-state index in [1.807, 2.05) is 24.3 Å². The molecule has 0 unspecified atom stereocenters. The number of hydrogen-bond donors (Lipinski definition) is 1. The van der Waals surface area contributed by atoms with Crippen molar-refractivity contribution in [2.45, 2.75) is 6.92 Å². The second-order valence-electron chi connectivity index (χ2n) is 4.88. The van der Waals surface area contributed by atoms with Gasteiger partial charge in [0.25, 0.3) is 5.91 Å². The molecule has 6 heteroatoms. The molecule has 0 aliphatic carbocycles. The second kappa shape index (κ2) is 6.74. The molecule has 23 heavy (non-hydrogen) atoms. The Balaban J connectivity index is 1.62. The van der Waals surface area contributed by atoms with Gasteiger partial charge in [-0.15, -0.1) is 0 Å². The number of nitrogens with zero attached hydrogens (tertiary/aromatic N) is 2. The summed E-state index contributed by atoms with van der Waals surface area (Å²) in [4.78, 5) is 15.7. The third-order valence-corrected chi connectivity index (χ3v) is 3.17. The minimum atomic E-state index is -0.297. The Hall–Kier alpha value is -3.15. The molecule has 0 bridgehead atoms. The summed E-state index contributed by atoms with van der Waals surface area (Å²) >= 11 is 0. The van der Waals surface area contributed by atoms with E-state index in [1.54, 1.807) is 31.3 Å². The van der Waals surface area contributed by atoms with Crippen LogP contribution in [0, 0.1) is 0 Å². The maximum absolute atomic E-state index is 11.8. The zero-order chi connectivity index (χ0) is 16.1. The molecule has 3 rings (SSSR count). The van der Waals surface area contributed by atoms with E-state index in [9.17, 15) is 4.79 Å². The first kappa shape index (κ1) is 14.8. The Morgan fingerprint density at radius 3 is 3.00 bits per heavy atom. The number of hydrazone groups is 1. The molecule has 0 saturated carbocycles. The molecule has 0 spiro atoms. The van der Waals surface area contributed by atoms with Gasteiger partial charge in [0.15, 0.2) is 11.5 Å². The molecule has 0 radical (unpaired) electrons. The average molecular weight is 309 g/mol. The van der Waals surface area contributed by atoms with Gasteiger partial charge in [0.2, 0.25) is 6.79 Å². The van der Waals surface area contributed by atoms with Gasteiger partial charge in [-0.1, -0.05) is 12.1 Å². The highest BCUT2D eigenvalue weighted by Crippen LogP contribution is 2.32. The Morgan fingerprint density at radius 1 is 1.30 bits per heavy atom. The van der Waals surface area contributed by atoms with Crippen LogP contribution in [0.4, 0.5) is 0 Å². The number of allylic oxidation sites excluding steroid dienone is 1. The normalized spacial score (nSPS) is 13.3. The van der Waals surface area contributed by atoms with E-state index in [1.165, 1.54) is 6.20 Å². The van der Waals surface area contributed by atoms with Gasteiger partial charge >= 0.3 is 0 Å². The first-order valence-electron chi connectivity index (χ1n) is 7.05. The number of fused-ring (bicyclic) bond motifs is 1. The van der Waals surface area contributed by atoms with Crippen molar-refractivity contribution in [1.82, 2.24) is 10.4 Å². The molecule has 116 valence electrons. The Morgan fingerprint density at radius 2 is 2.17 bits per heavy atom. The van der Waals surface area contributed by atoms with E-state index in [0.29, 0.717) is 11.3 Å². The van der Waals surface area contributed by atoms with E-state index in [-0.39, 0.29) is 12.7 Å². The van der Waals surface area contributed by atoms with Crippen molar-refractivity contribution >= 4 is 17.7 Å². The van der Waals surface area contributed by atoms with Crippen molar-refractivity contribution in [3.05, 3.63) is 59.9 Å². The van der Waals surface area contributed by atoms with Gasteiger partial charge in [-0.05, 0) is 42.8 Å². The fourth-order valence-corrected chi connectivity index (χ4v) is 1.97. The smallest absolute Gasteiger partial charge is 0.272 e. The Labute approximate surface area is 133 Å². The highest BCUT2D eigenvalue weighted by molar-refractivity contribution is 5.99. The zero-order valence-corrected chi connectivity index (χ0v) is 12.5. The fraction of sp³-hybridized carbons (Fsp3) is 0.118. The highest BCUT2D eigenvalue weighted by atomic mass is 16.7. The summed E-state index contributed by atoms with van der Waals surface area (Å²) in [6.45, 7) is 2.05. The van der Waals surface area contributed by atoms with E-state index in [4.69, 9.17) is 9.47 Å². The molecule has 2 aromatic rings. The number of carbonyl (C=O) groups is 1. The number of amides is 1. The molecule has 1 aliphatic rings. The fourth-order valence-electron chi connectivity index (χ4n) is 1.97. The van der Waals surface area contributed by atoms with Crippen molar-refractivity contribution in [1.29, 1.82) is 0 Å². The molecule has 1 aliphatic heterocycles. The molecule has 1 amide bonds. The van der Waals surface area contributed by atoms with Crippen molar-refractivity contribution in [3.63, 3.8) is 0 Å². The van der Waals surface area contributed by atoms with Crippen LogP contribution in [0.5, 0.6) is 11.5 Å². The SMILES string of the molecule is CC(/C=C/c1ccc2c(c1)OCO2)=N\NC(=O)c1cccnc1. The summed E-state index contributed by atoms with van der Waals surface area (Å²) in [5.74, 6) is 1.18. The van der Waals surface area contributed by atoms with Crippen LogP contribution in [0.1, 0.15) is 22.8 Å². The molecule has 1 aromatic carbocycles. The Kier molecular flexibility index (Phi) is 4.33. The van der Waals surface area contributed by atoms with E-state index < -0.39 is 0 Å². The predicted octanol–water partition coefficient (Wildman–Crippen LogP) is 2.63. The number of pyridine rings is 1. The summed E-state index contributed by atoms with van der Waals surface area (Å²) in [5.41, 5.74) is 4.58. The third-order valence-electron chi connectivity index (χ3n) is 3.17. The molecule has 1 aromatic heterocycles. The van der Waals surface area contributed by atoms with Crippen LogP contribution >= 0.6 is 0 Å². The molecule has 2 heterocycles. The maximum Gasteiger partial charge on any atom is 0.272 e. The summed E-state index contributed by atoms with van der Waals surface area (Å²) in [6, 6.07) is 9.05. The van der Waals surface area contributed by atoms with E-state index in [2.05, 4.69) is 15.5 Å². The maximum atomic E-state index is 11.8. The number of rotatable bonds is 4. The topological polar surface area (TPSA) is 72.8 Å². The van der Waals surface area contributed by atoms with Gasteiger partial charge in [0.1, 0.15) is 0 Å². The van der Waals surface area contributed by atoms with Gasteiger partial charge in [-0.25, -0.2) is 5.43 Å². The van der Waals surface area contributed by atoms with Crippen molar-refractivity contribution in [2.24, 2.45) is 5.10 Å². The lowest BCUT2D eigenvalue weighted by Crippen LogP contribution is -2.18. The van der Waals surface area contributed by atoms with Crippen LogP contribution in [0.2, 0.25) is 0 Å². The molecular weight excluding hydrogens is 294 g/mol. The summed E-state index contributed by atoms with van der Waals surface area (Å²) in [5, 5.41) is 4.03. The lowest BCUT2D eigenvalue weighted by Gasteiger charge is -2.00. The van der Waals surface area contributed by atoms with Crippen LogP contribution in [0.3, 0.4) is 0 Å². The van der Waals surface area contributed by atoms with E-state index in [0.717, 1.165) is 17.1 Å². The lowest BCUT2D eigenvalue weighted by molar-refractivity contribution is 0.0954. The first-order valence-corrected chi connectivity index (χ1v) is 7.05. The minimum absolute atomic E-state index is 0.253. The summed E-state index contributed by atoms with van der Waals surface area (Å²) < 4.78 is 10.6. The molecule has 1 N–H and O–H groups in total. The number of hydrogen-bond acceptors (Lipinski definition) is 5. The average Bonchev–Trinajstić information content (AvgIpc) is 3.06. The molecular formula is C17H15N3O3. The van der Waals surface area contributed by atoms with Gasteiger partial charge in [-0.3, -0.25) is 9.78 Å². The summed E-state index contributed by atoms with van der Waals surface area (Å²) in [7, 11) is 0. The van der Waals surface area contributed by atoms with Crippen LogP contribution in [-0.4, -0.2) is 23.4 Å². The van der Waals surface area contributed by atoms with Crippen LogP contribution < -0.4 is 14.9 Å².